The molecule has 2 nitrogen and oxygen atoms in total. The molecular weight excluding hydrogens is 321 g/mol. The molecule has 0 N–H and O–H groups in total. The number of ether oxygens (including phenoxy) is 1. The van der Waals surface area contributed by atoms with Crippen molar-refractivity contribution in [2.75, 3.05) is 0 Å². The van der Waals surface area contributed by atoms with E-state index in [4.69, 9.17) is 10.00 Å². The molecule has 0 saturated heterocycles. The minimum Gasteiger partial charge on any atom is -0.488 e. The number of halogens is 2. The average molecular weight is 334 g/mol. The fraction of sp³-hybridized carbons (Fsp3) is 0.188. The van der Waals surface area contributed by atoms with Crippen molar-refractivity contribution in [2.45, 2.75) is 20.5 Å². The zero-order chi connectivity index (χ0) is 14.7. The molecule has 0 aliphatic heterocycles. The van der Waals surface area contributed by atoms with Crippen LogP contribution in [0.25, 0.3) is 0 Å². The lowest BCUT2D eigenvalue weighted by Gasteiger charge is -2.13. The Hall–Kier alpha value is -1.86. The lowest BCUT2D eigenvalue weighted by atomic mass is 10.1. The summed E-state index contributed by atoms with van der Waals surface area (Å²) in [6, 6.07) is 10.2. The molecule has 0 bridgehead atoms. The van der Waals surface area contributed by atoms with E-state index >= 15 is 0 Å². The molecule has 0 saturated carbocycles. The maximum absolute atomic E-state index is 13.0. The number of nitriles is 1. The van der Waals surface area contributed by atoms with Crippen molar-refractivity contribution in [3.63, 3.8) is 0 Å². The van der Waals surface area contributed by atoms with Gasteiger partial charge in [0.1, 0.15) is 18.2 Å². The number of nitrogens with zero attached hydrogens (tertiary/aromatic N) is 1. The minimum atomic E-state index is -0.286. The van der Waals surface area contributed by atoms with Crippen molar-refractivity contribution in [2.24, 2.45) is 0 Å². The summed E-state index contributed by atoms with van der Waals surface area (Å²) in [4.78, 5) is 0. The van der Waals surface area contributed by atoms with Gasteiger partial charge in [0.25, 0.3) is 0 Å². The third kappa shape index (κ3) is 3.17. The van der Waals surface area contributed by atoms with Crippen LogP contribution in [0, 0.1) is 31.0 Å². The summed E-state index contributed by atoms with van der Waals surface area (Å²) in [5, 5.41) is 8.92. The summed E-state index contributed by atoms with van der Waals surface area (Å²) >= 11 is 3.32. The van der Waals surface area contributed by atoms with E-state index in [2.05, 4.69) is 22.0 Å². The van der Waals surface area contributed by atoms with Gasteiger partial charge in [-0.1, -0.05) is 22.0 Å². The molecule has 0 unspecified atom stereocenters. The fourth-order valence-electron chi connectivity index (χ4n) is 2.03. The normalized spacial score (nSPS) is 10.2. The monoisotopic (exact) mass is 333 g/mol. The highest BCUT2D eigenvalue weighted by Crippen LogP contribution is 2.27. The van der Waals surface area contributed by atoms with Crippen LogP contribution >= 0.6 is 15.9 Å². The zero-order valence-electron chi connectivity index (χ0n) is 11.2. The van der Waals surface area contributed by atoms with Gasteiger partial charge in [-0.3, -0.25) is 0 Å². The molecule has 2 rings (SSSR count). The van der Waals surface area contributed by atoms with E-state index in [1.807, 2.05) is 13.8 Å². The van der Waals surface area contributed by atoms with E-state index in [0.717, 1.165) is 22.4 Å². The van der Waals surface area contributed by atoms with Crippen LogP contribution in [0.3, 0.4) is 0 Å². The van der Waals surface area contributed by atoms with Crippen LogP contribution in [0.4, 0.5) is 4.39 Å². The lowest BCUT2D eigenvalue weighted by Crippen LogP contribution is -2.00. The minimum absolute atomic E-state index is 0.286. The van der Waals surface area contributed by atoms with Gasteiger partial charge in [0, 0.05) is 10.0 Å². The van der Waals surface area contributed by atoms with Crippen molar-refractivity contribution >= 4 is 15.9 Å². The van der Waals surface area contributed by atoms with Crippen molar-refractivity contribution in [1.29, 1.82) is 5.26 Å². The largest absolute Gasteiger partial charge is 0.488 e. The molecule has 2 aromatic rings. The number of aryl methyl sites for hydroxylation is 2. The molecule has 4 heteroatoms. The highest BCUT2D eigenvalue weighted by Gasteiger charge is 2.08. The maximum Gasteiger partial charge on any atom is 0.125 e. The second-order valence-corrected chi connectivity index (χ2v) is 5.43. The van der Waals surface area contributed by atoms with Gasteiger partial charge >= 0.3 is 0 Å². The third-order valence-corrected chi connectivity index (χ3v) is 3.71. The average Bonchev–Trinajstić information content (AvgIpc) is 2.39. The van der Waals surface area contributed by atoms with E-state index in [9.17, 15) is 4.39 Å². The quantitative estimate of drug-likeness (QED) is 0.818. The van der Waals surface area contributed by atoms with Gasteiger partial charge in [-0.2, -0.15) is 5.26 Å². The van der Waals surface area contributed by atoms with Gasteiger partial charge in [-0.15, -0.1) is 0 Å². The first-order chi connectivity index (χ1) is 9.51. The Bertz CT molecular complexity index is 668. The molecular formula is C16H13BrFNO. The summed E-state index contributed by atoms with van der Waals surface area (Å²) in [6.45, 7) is 4.15. The van der Waals surface area contributed by atoms with Gasteiger partial charge in [-0.25, -0.2) is 4.39 Å². The fourth-order valence-corrected chi connectivity index (χ4v) is 2.50. The molecule has 0 spiro atoms. The van der Waals surface area contributed by atoms with E-state index in [1.165, 1.54) is 12.1 Å². The van der Waals surface area contributed by atoms with Crippen LogP contribution in [0.1, 0.15) is 22.3 Å². The molecule has 0 aliphatic carbocycles. The van der Waals surface area contributed by atoms with E-state index in [0.29, 0.717) is 16.6 Å². The van der Waals surface area contributed by atoms with Gasteiger partial charge in [0.15, 0.2) is 0 Å². The summed E-state index contributed by atoms with van der Waals surface area (Å²) in [5.74, 6) is 0.478. The standard InChI is InChI=1S/C16H13BrFNO/c1-10-5-12(8-19)6-11(2)16(10)20-9-13-3-4-14(18)7-15(13)17/h3-7H,9H2,1-2H3. The summed E-state index contributed by atoms with van der Waals surface area (Å²) in [6.07, 6.45) is 0. The van der Waals surface area contributed by atoms with Gasteiger partial charge in [-0.05, 0) is 49.2 Å². The molecule has 2 aromatic carbocycles. The lowest BCUT2D eigenvalue weighted by molar-refractivity contribution is 0.301. The molecule has 20 heavy (non-hydrogen) atoms. The molecule has 0 fully saturated rings. The second kappa shape index (κ2) is 6.06. The van der Waals surface area contributed by atoms with Crippen LogP contribution in [-0.4, -0.2) is 0 Å². The number of hydrogen-bond donors (Lipinski definition) is 0. The Morgan fingerprint density at radius 2 is 1.85 bits per heavy atom. The highest BCUT2D eigenvalue weighted by molar-refractivity contribution is 9.10. The number of benzene rings is 2. The summed E-state index contributed by atoms with van der Waals surface area (Å²) < 4.78 is 19.5. The third-order valence-electron chi connectivity index (χ3n) is 2.98. The first kappa shape index (κ1) is 14.5. The van der Waals surface area contributed by atoms with E-state index in [1.54, 1.807) is 18.2 Å². The Balaban J connectivity index is 2.21. The molecule has 0 atom stereocenters. The topological polar surface area (TPSA) is 33.0 Å². The van der Waals surface area contributed by atoms with Crippen molar-refractivity contribution in [3.8, 4) is 11.8 Å². The van der Waals surface area contributed by atoms with Crippen LogP contribution in [0.5, 0.6) is 5.75 Å². The van der Waals surface area contributed by atoms with Crippen LogP contribution in [-0.2, 0) is 6.61 Å². The van der Waals surface area contributed by atoms with Crippen molar-refractivity contribution in [3.05, 3.63) is 62.9 Å². The molecule has 102 valence electrons. The maximum atomic E-state index is 13.0. The van der Waals surface area contributed by atoms with Crippen LogP contribution in [0.2, 0.25) is 0 Å². The first-order valence-corrected chi connectivity index (χ1v) is 6.88. The van der Waals surface area contributed by atoms with Gasteiger partial charge in [0.05, 0.1) is 11.6 Å². The summed E-state index contributed by atoms with van der Waals surface area (Å²) in [7, 11) is 0. The predicted octanol–water partition coefficient (Wildman–Crippen LogP) is 4.66. The molecule has 0 radical (unpaired) electrons. The van der Waals surface area contributed by atoms with Crippen molar-refractivity contribution < 1.29 is 9.13 Å². The smallest absolute Gasteiger partial charge is 0.125 e. The molecule has 0 aromatic heterocycles. The number of hydrogen-bond acceptors (Lipinski definition) is 2. The van der Waals surface area contributed by atoms with Crippen molar-refractivity contribution in [1.82, 2.24) is 0 Å². The molecule has 0 heterocycles. The Morgan fingerprint density at radius 3 is 2.40 bits per heavy atom. The zero-order valence-corrected chi connectivity index (χ0v) is 12.8. The predicted molar refractivity (Wildman–Crippen MR) is 79.1 cm³/mol. The molecule has 0 aliphatic rings. The number of rotatable bonds is 3. The SMILES string of the molecule is Cc1cc(C#N)cc(C)c1OCc1ccc(F)cc1Br. The Kier molecular flexibility index (Phi) is 4.41. The molecule has 0 amide bonds. The summed E-state index contributed by atoms with van der Waals surface area (Å²) in [5.41, 5.74) is 3.32. The van der Waals surface area contributed by atoms with Gasteiger partial charge < -0.3 is 4.74 Å². The second-order valence-electron chi connectivity index (χ2n) is 4.58. The highest BCUT2D eigenvalue weighted by atomic mass is 79.9. The Morgan fingerprint density at radius 1 is 1.20 bits per heavy atom. The van der Waals surface area contributed by atoms with E-state index < -0.39 is 0 Å². The Labute approximate surface area is 125 Å². The first-order valence-electron chi connectivity index (χ1n) is 6.09. The van der Waals surface area contributed by atoms with Gasteiger partial charge in [0.2, 0.25) is 0 Å². The van der Waals surface area contributed by atoms with E-state index in [-0.39, 0.29) is 5.82 Å². The van der Waals surface area contributed by atoms with Crippen LogP contribution < -0.4 is 4.74 Å². The van der Waals surface area contributed by atoms with Crippen LogP contribution in [0.15, 0.2) is 34.8 Å².